The number of aromatic nitrogens is 1. The van der Waals surface area contributed by atoms with E-state index < -0.39 is 0 Å². The minimum absolute atomic E-state index is 0.462. The molecule has 1 aliphatic carbocycles. The lowest BCUT2D eigenvalue weighted by atomic mass is 10.2. The van der Waals surface area contributed by atoms with Gasteiger partial charge in [0, 0.05) is 19.7 Å². The first kappa shape index (κ1) is 13.6. The molecule has 4 heteroatoms. The molecule has 1 atom stereocenters. The van der Waals surface area contributed by atoms with E-state index >= 15 is 0 Å². The predicted octanol–water partition coefficient (Wildman–Crippen LogP) is 3.07. The van der Waals surface area contributed by atoms with Crippen molar-refractivity contribution in [3.8, 4) is 0 Å². The van der Waals surface area contributed by atoms with E-state index in [9.17, 15) is 0 Å². The highest BCUT2D eigenvalue weighted by Crippen LogP contribution is 2.36. The fourth-order valence-corrected chi connectivity index (χ4v) is 2.40. The number of rotatable bonds is 7. The smallest absolute Gasteiger partial charge is 0.129 e. The third-order valence-electron chi connectivity index (χ3n) is 3.56. The van der Waals surface area contributed by atoms with Gasteiger partial charge in [-0.2, -0.15) is 0 Å². The van der Waals surface area contributed by atoms with Gasteiger partial charge in [0.25, 0.3) is 0 Å². The Morgan fingerprint density at radius 1 is 1.50 bits per heavy atom. The van der Waals surface area contributed by atoms with Gasteiger partial charge < -0.3 is 9.64 Å². The van der Waals surface area contributed by atoms with Crippen LogP contribution in [0.15, 0.2) is 18.2 Å². The highest BCUT2D eigenvalue weighted by molar-refractivity contribution is 6.16. The molecule has 0 bridgehead atoms. The van der Waals surface area contributed by atoms with E-state index in [0.29, 0.717) is 11.9 Å². The van der Waals surface area contributed by atoms with Crippen molar-refractivity contribution in [3.63, 3.8) is 0 Å². The van der Waals surface area contributed by atoms with E-state index in [0.717, 1.165) is 30.6 Å². The van der Waals surface area contributed by atoms with Gasteiger partial charge in [-0.15, -0.1) is 11.6 Å². The van der Waals surface area contributed by atoms with Gasteiger partial charge in [-0.1, -0.05) is 6.07 Å². The number of pyridine rings is 1. The summed E-state index contributed by atoms with van der Waals surface area (Å²) in [5, 5.41) is 0. The molecule has 0 aliphatic heterocycles. The molecule has 1 saturated carbocycles. The van der Waals surface area contributed by atoms with Gasteiger partial charge in [0.05, 0.1) is 18.2 Å². The molecule has 1 unspecified atom stereocenters. The quantitative estimate of drug-likeness (QED) is 0.711. The number of methoxy groups -OCH3 is 1. The molecule has 0 amide bonds. The van der Waals surface area contributed by atoms with Gasteiger partial charge in [0.1, 0.15) is 5.82 Å². The number of hydrogen-bond acceptors (Lipinski definition) is 3. The van der Waals surface area contributed by atoms with Crippen molar-refractivity contribution in [2.24, 2.45) is 5.92 Å². The zero-order valence-electron chi connectivity index (χ0n) is 11.1. The van der Waals surface area contributed by atoms with Crippen LogP contribution in [0.3, 0.4) is 0 Å². The Morgan fingerprint density at radius 3 is 2.89 bits per heavy atom. The lowest BCUT2D eigenvalue weighted by Gasteiger charge is -2.30. The highest BCUT2D eigenvalue weighted by Gasteiger charge is 2.32. The Kier molecular flexibility index (Phi) is 4.84. The zero-order chi connectivity index (χ0) is 13.0. The summed E-state index contributed by atoms with van der Waals surface area (Å²) in [5.41, 5.74) is 0.930. The van der Waals surface area contributed by atoms with Crippen molar-refractivity contribution in [1.82, 2.24) is 4.98 Å². The molecule has 0 spiro atoms. The molecule has 1 heterocycles. The minimum atomic E-state index is 0.462. The molecule has 1 aliphatic rings. The second-order valence-corrected chi connectivity index (χ2v) is 5.15. The summed E-state index contributed by atoms with van der Waals surface area (Å²) in [6.45, 7) is 3.89. The van der Waals surface area contributed by atoms with Crippen molar-refractivity contribution in [2.45, 2.75) is 31.7 Å². The SMILES string of the molecule is COCCN(c1cccc(CCl)n1)C(C)C1CC1. The summed E-state index contributed by atoms with van der Waals surface area (Å²) in [6.07, 6.45) is 2.67. The molecule has 1 fully saturated rings. The molecule has 18 heavy (non-hydrogen) atoms. The highest BCUT2D eigenvalue weighted by atomic mass is 35.5. The minimum Gasteiger partial charge on any atom is -0.383 e. The summed E-state index contributed by atoms with van der Waals surface area (Å²) in [7, 11) is 1.74. The standard InChI is InChI=1S/C14H21ClN2O/c1-11(12-6-7-12)17(8-9-18-2)14-5-3-4-13(10-15)16-14/h3-5,11-12H,6-10H2,1-2H3. The number of ether oxygens (including phenoxy) is 1. The molecule has 1 aromatic rings. The van der Waals surface area contributed by atoms with Gasteiger partial charge in [0.15, 0.2) is 0 Å². The van der Waals surface area contributed by atoms with Gasteiger partial charge in [-0.25, -0.2) is 4.98 Å². The fourth-order valence-electron chi connectivity index (χ4n) is 2.25. The maximum absolute atomic E-state index is 5.86. The van der Waals surface area contributed by atoms with E-state index in [2.05, 4.69) is 22.9 Å². The van der Waals surface area contributed by atoms with Crippen molar-refractivity contribution < 1.29 is 4.74 Å². The number of alkyl halides is 1. The number of nitrogens with zero attached hydrogens (tertiary/aromatic N) is 2. The summed E-state index contributed by atoms with van der Waals surface area (Å²) < 4.78 is 5.21. The first-order valence-corrected chi connectivity index (χ1v) is 7.07. The summed E-state index contributed by atoms with van der Waals surface area (Å²) in [6, 6.07) is 6.58. The average Bonchev–Trinajstić information content (AvgIpc) is 3.23. The van der Waals surface area contributed by atoms with E-state index in [1.165, 1.54) is 12.8 Å². The lowest BCUT2D eigenvalue weighted by molar-refractivity contribution is 0.202. The van der Waals surface area contributed by atoms with Crippen LogP contribution in [0.4, 0.5) is 5.82 Å². The fraction of sp³-hybridized carbons (Fsp3) is 0.643. The van der Waals surface area contributed by atoms with Crippen molar-refractivity contribution in [2.75, 3.05) is 25.2 Å². The molecular weight excluding hydrogens is 248 g/mol. The Morgan fingerprint density at radius 2 is 2.28 bits per heavy atom. The predicted molar refractivity (Wildman–Crippen MR) is 75.2 cm³/mol. The van der Waals surface area contributed by atoms with Crippen molar-refractivity contribution in [3.05, 3.63) is 23.9 Å². The van der Waals surface area contributed by atoms with Crippen LogP contribution in [-0.2, 0) is 10.6 Å². The van der Waals surface area contributed by atoms with Crippen LogP contribution in [-0.4, -0.2) is 31.3 Å². The molecule has 0 N–H and O–H groups in total. The number of halogens is 1. The topological polar surface area (TPSA) is 25.4 Å². The lowest BCUT2D eigenvalue weighted by Crippen LogP contribution is -2.38. The first-order chi connectivity index (χ1) is 8.76. The van der Waals surface area contributed by atoms with Crippen LogP contribution < -0.4 is 4.90 Å². The van der Waals surface area contributed by atoms with Crippen LogP contribution in [0.25, 0.3) is 0 Å². The molecule has 0 saturated heterocycles. The van der Waals surface area contributed by atoms with Gasteiger partial charge in [0.2, 0.25) is 0 Å². The Labute approximate surface area is 114 Å². The third-order valence-corrected chi connectivity index (χ3v) is 3.83. The molecule has 100 valence electrons. The molecule has 3 nitrogen and oxygen atoms in total. The Bertz CT molecular complexity index is 382. The normalized spacial score (nSPS) is 16.6. The molecule has 0 radical (unpaired) electrons. The van der Waals surface area contributed by atoms with E-state index in [4.69, 9.17) is 16.3 Å². The second-order valence-electron chi connectivity index (χ2n) is 4.88. The van der Waals surface area contributed by atoms with Crippen LogP contribution in [0.2, 0.25) is 0 Å². The van der Waals surface area contributed by atoms with Crippen LogP contribution in [0.5, 0.6) is 0 Å². The number of anilines is 1. The maximum Gasteiger partial charge on any atom is 0.129 e. The van der Waals surface area contributed by atoms with Crippen LogP contribution in [0, 0.1) is 5.92 Å². The second kappa shape index (κ2) is 6.39. The van der Waals surface area contributed by atoms with Gasteiger partial charge in [-0.3, -0.25) is 0 Å². The monoisotopic (exact) mass is 268 g/mol. The van der Waals surface area contributed by atoms with Crippen LogP contribution >= 0.6 is 11.6 Å². The maximum atomic E-state index is 5.86. The van der Waals surface area contributed by atoms with E-state index in [1.807, 2.05) is 12.1 Å². The van der Waals surface area contributed by atoms with Gasteiger partial charge >= 0.3 is 0 Å². The third kappa shape index (κ3) is 3.36. The summed E-state index contributed by atoms with van der Waals surface area (Å²) >= 11 is 5.86. The summed E-state index contributed by atoms with van der Waals surface area (Å²) in [4.78, 5) is 6.96. The summed E-state index contributed by atoms with van der Waals surface area (Å²) in [5.74, 6) is 2.29. The Balaban J connectivity index is 2.14. The van der Waals surface area contributed by atoms with Crippen LogP contribution in [0.1, 0.15) is 25.5 Å². The van der Waals surface area contributed by atoms with Crippen molar-refractivity contribution >= 4 is 17.4 Å². The zero-order valence-corrected chi connectivity index (χ0v) is 11.9. The number of hydrogen-bond donors (Lipinski definition) is 0. The Hall–Kier alpha value is -0.800. The van der Waals surface area contributed by atoms with E-state index in [1.54, 1.807) is 7.11 Å². The largest absolute Gasteiger partial charge is 0.383 e. The molecular formula is C14H21ClN2O. The van der Waals surface area contributed by atoms with Gasteiger partial charge in [-0.05, 0) is 37.8 Å². The first-order valence-electron chi connectivity index (χ1n) is 6.53. The van der Waals surface area contributed by atoms with E-state index in [-0.39, 0.29) is 0 Å². The molecule has 1 aromatic heterocycles. The average molecular weight is 269 g/mol. The molecule has 0 aromatic carbocycles. The van der Waals surface area contributed by atoms with Crippen molar-refractivity contribution in [1.29, 1.82) is 0 Å². The molecule has 2 rings (SSSR count).